The van der Waals surface area contributed by atoms with Gasteiger partial charge in [0, 0.05) is 0 Å². The van der Waals surface area contributed by atoms with Crippen molar-refractivity contribution in [1.29, 1.82) is 0 Å². The second-order valence-corrected chi connectivity index (χ2v) is 10.8. The Labute approximate surface area is 156 Å². The van der Waals surface area contributed by atoms with Crippen molar-refractivity contribution in [3.8, 4) is 0 Å². The molecule has 0 spiro atoms. The smallest absolute Gasteiger partial charge is 0.166 e. The van der Waals surface area contributed by atoms with Crippen molar-refractivity contribution in [2.45, 2.75) is 6.92 Å². The van der Waals surface area contributed by atoms with E-state index < -0.39 is 6.89 Å². The van der Waals surface area contributed by atoms with E-state index in [2.05, 4.69) is 95.4 Å². The van der Waals surface area contributed by atoms with E-state index in [1.54, 1.807) is 6.92 Å². The molecular weight excluding hydrogens is 426 g/mol. The molecule has 120 valence electrons. The molecule has 0 aliphatic heterocycles. The van der Waals surface area contributed by atoms with Crippen LogP contribution in [0.25, 0.3) is 0 Å². The maximum absolute atomic E-state index is 12.5. The first-order chi connectivity index (χ1) is 11.7. The third kappa shape index (κ3) is 3.01. The molecule has 0 heterocycles. The molecule has 3 heteroatoms. The molecule has 0 unspecified atom stereocenters. The predicted molar refractivity (Wildman–Crippen MR) is 115 cm³/mol. The van der Waals surface area contributed by atoms with E-state index in [1.807, 2.05) is 18.2 Å². The van der Waals surface area contributed by atoms with Gasteiger partial charge in [0.05, 0.1) is 3.30 Å². The van der Waals surface area contributed by atoms with Crippen LogP contribution >= 0.6 is 29.5 Å². The number of hydrogen-bond acceptors (Lipinski definition) is 1. The van der Waals surface area contributed by atoms with Crippen LogP contribution in [0.5, 0.6) is 0 Å². The zero-order chi connectivity index (χ0) is 17.0. The van der Waals surface area contributed by atoms with E-state index in [4.69, 9.17) is 0 Å². The maximum Gasteiger partial charge on any atom is 0.166 e. The highest BCUT2D eigenvalue weighted by molar-refractivity contribution is 14.1. The molecule has 0 fully saturated rings. The summed E-state index contributed by atoms with van der Waals surface area (Å²) < 4.78 is 0.906. The Kier molecular flexibility index (Phi) is 5.37. The van der Waals surface area contributed by atoms with Gasteiger partial charge < -0.3 is 0 Å². The van der Waals surface area contributed by atoms with Gasteiger partial charge in [0.2, 0.25) is 0 Å². The van der Waals surface area contributed by atoms with Crippen molar-refractivity contribution in [3.63, 3.8) is 0 Å². The molecule has 0 bridgehead atoms. The molecule has 3 aromatic rings. The molecular formula is C21H18IOP. The van der Waals surface area contributed by atoms with Gasteiger partial charge in [-0.05, 0) is 52.3 Å². The minimum Gasteiger partial charge on any atom is -0.294 e. The van der Waals surface area contributed by atoms with Gasteiger partial charge in [-0.2, -0.15) is 0 Å². The summed E-state index contributed by atoms with van der Waals surface area (Å²) in [7, 11) is 0. The minimum atomic E-state index is -2.15. The summed E-state index contributed by atoms with van der Waals surface area (Å²) in [5.74, 6) is 0.139. The van der Waals surface area contributed by atoms with Crippen molar-refractivity contribution in [2.75, 3.05) is 0 Å². The van der Waals surface area contributed by atoms with Gasteiger partial charge in [0.15, 0.2) is 5.78 Å². The molecule has 0 aliphatic carbocycles. The monoisotopic (exact) mass is 444 g/mol. The van der Waals surface area contributed by atoms with Gasteiger partial charge in [0.25, 0.3) is 0 Å². The van der Waals surface area contributed by atoms with Crippen LogP contribution in [0.3, 0.4) is 0 Å². The quantitative estimate of drug-likeness (QED) is 0.437. The number of ketones is 1. The van der Waals surface area contributed by atoms with E-state index in [1.165, 1.54) is 15.9 Å². The number of rotatable bonds is 4. The van der Waals surface area contributed by atoms with Gasteiger partial charge in [-0.15, -0.1) is 0 Å². The Morgan fingerprint density at radius 3 is 1.21 bits per heavy atom. The first kappa shape index (κ1) is 17.2. The van der Waals surface area contributed by atoms with Gasteiger partial charge in [-0.3, -0.25) is 4.79 Å². The molecule has 24 heavy (non-hydrogen) atoms. The van der Waals surface area contributed by atoms with Crippen LogP contribution in [0, 0.1) is 0 Å². The highest BCUT2D eigenvalue weighted by atomic mass is 127. The Morgan fingerprint density at radius 1 is 0.667 bits per heavy atom. The van der Waals surface area contributed by atoms with Crippen molar-refractivity contribution < 1.29 is 4.79 Å². The molecule has 0 atom stereocenters. The van der Waals surface area contributed by atoms with E-state index in [0.717, 1.165) is 3.30 Å². The Balaban J connectivity index is 2.53. The zero-order valence-electron chi connectivity index (χ0n) is 13.4. The number of halogens is 1. The van der Waals surface area contributed by atoms with Crippen LogP contribution in [-0.4, -0.2) is 9.08 Å². The second-order valence-electron chi connectivity index (χ2n) is 5.52. The first-order valence-electron chi connectivity index (χ1n) is 7.77. The average molecular weight is 444 g/mol. The lowest BCUT2D eigenvalue weighted by Gasteiger charge is -2.30. The molecule has 0 amide bonds. The Bertz CT molecular complexity index is 783. The minimum absolute atomic E-state index is 0.139. The maximum atomic E-state index is 12.5. The molecule has 3 aromatic carbocycles. The molecule has 0 aromatic heterocycles. The number of carbonyl (C=O) groups excluding carboxylic acids is 1. The molecule has 1 nitrogen and oxygen atoms in total. The lowest BCUT2D eigenvalue weighted by atomic mass is 10.4. The lowest BCUT2D eigenvalue weighted by Crippen LogP contribution is -2.30. The summed E-state index contributed by atoms with van der Waals surface area (Å²) in [5.41, 5.74) is 0. The summed E-state index contributed by atoms with van der Waals surface area (Å²) in [4.78, 5) is 12.5. The van der Waals surface area contributed by atoms with E-state index >= 15 is 0 Å². The lowest BCUT2D eigenvalue weighted by molar-refractivity contribution is -0.110. The highest BCUT2D eigenvalue weighted by Crippen LogP contribution is 2.47. The van der Waals surface area contributed by atoms with Crippen LogP contribution in [0.2, 0.25) is 0 Å². The van der Waals surface area contributed by atoms with Gasteiger partial charge in [0.1, 0.15) is 0 Å². The average Bonchev–Trinajstić information content (AvgIpc) is 2.65. The van der Waals surface area contributed by atoms with E-state index in [0.29, 0.717) is 0 Å². The third-order valence-corrected chi connectivity index (χ3v) is 11.1. The summed E-state index contributed by atoms with van der Waals surface area (Å²) in [5, 5.41) is 3.63. The van der Waals surface area contributed by atoms with Gasteiger partial charge in [-0.25, -0.2) is 0 Å². The Morgan fingerprint density at radius 2 is 0.958 bits per heavy atom. The van der Waals surface area contributed by atoms with Crippen molar-refractivity contribution in [1.82, 2.24) is 0 Å². The standard InChI is InChI=1S/C21H18IOP/c1-17(23)21(22)24(18-11-5-2-6-12-18,19-13-7-3-8-14-19)20-15-9-4-10-16-20/h2-16H,1H3. The molecule has 0 N–H and O–H groups in total. The van der Waals surface area contributed by atoms with Crippen molar-refractivity contribution in [2.24, 2.45) is 0 Å². The summed E-state index contributed by atoms with van der Waals surface area (Å²) in [6.07, 6.45) is 0. The third-order valence-electron chi connectivity index (χ3n) is 4.02. The summed E-state index contributed by atoms with van der Waals surface area (Å²) >= 11 is 2.27. The van der Waals surface area contributed by atoms with Crippen LogP contribution in [-0.2, 0) is 4.79 Å². The number of Topliss-reactive ketones (excluding diaryl/α,β-unsaturated/α-hetero) is 1. The van der Waals surface area contributed by atoms with E-state index in [9.17, 15) is 4.79 Å². The van der Waals surface area contributed by atoms with Gasteiger partial charge >= 0.3 is 0 Å². The largest absolute Gasteiger partial charge is 0.294 e. The predicted octanol–water partition coefficient (Wildman–Crippen LogP) is 4.13. The number of benzene rings is 3. The van der Waals surface area contributed by atoms with Crippen LogP contribution in [0.4, 0.5) is 0 Å². The van der Waals surface area contributed by atoms with Crippen LogP contribution < -0.4 is 15.9 Å². The molecule has 0 aliphatic rings. The molecule has 0 saturated heterocycles. The van der Waals surface area contributed by atoms with Crippen molar-refractivity contribution in [3.05, 3.63) is 91.0 Å². The first-order valence-corrected chi connectivity index (χ1v) is 10.6. The van der Waals surface area contributed by atoms with Gasteiger partial charge in [-0.1, -0.05) is 91.0 Å². The number of carbonyl (C=O) groups is 1. The van der Waals surface area contributed by atoms with Crippen molar-refractivity contribution >= 4 is 54.5 Å². The fourth-order valence-electron chi connectivity index (χ4n) is 2.98. The van der Waals surface area contributed by atoms with E-state index in [-0.39, 0.29) is 5.78 Å². The Hall–Kier alpha value is -1.64. The molecule has 3 rings (SSSR count). The SMILES string of the molecule is CC(=O)C(I)=P(c1ccccc1)(c1ccccc1)c1ccccc1. The normalized spacial score (nSPS) is 11.1. The highest BCUT2D eigenvalue weighted by Gasteiger charge is 2.30. The fraction of sp³-hybridized carbons (Fsp3) is 0.0476. The van der Waals surface area contributed by atoms with Crippen LogP contribution in [0.15, 0.2) is 91.0 Å². The summed E-state index contributed by atoms with van der Waals surface area (Å²) in [6, 6.07) is 31.3. The topological polar surface area (TPSA) is 17.1 Å². The molecule has 0 saturated carbocycles. The molecule has 0 radical (unpaired) electrons. The summed E-state index contributed by atoms with van der Waals surface area (Å²) in [6.45, 7) is -0.475. The van der Waals surface area contributed by atoms with Crippen LogP contribution in [0.1, 0.15) is 6.92 Å². The second kappa shape index (κ2) is 7.50. The zero-order valence-corrected chi connectivity index (χ0v) is 16.4. The fourth-order valence-corrected chi connectivity index (χ4v) is 9.39. The number of hydrogen-bond donors (Lipinski definition) is 0.